The van der Waals surface area contributed by atoms with Gasteiger partial charge in [0.1, 0.15) is 6.10 Å². The Bertz CT molecular complexity index is 452. The maximum Gasteiger partial charge on any atom is 0.253 e. The zero-order valence-electron chi connectivity index (χ0n) is 11.2. The van der Waals surface area contributed by atoms with Crippen LogP contribution >= 0.6 is 0 Å². The van der Waals surface area contributed by atoms with Crippen LogP contribution < -0.4 is 5.73 Å². The van der Waals surface area contributed by atoms with Crippen molar-refractivity contribution in [3.05, 3.63) is 42.0 Å². The van der Waals surface area contributed by atoms with Gasteiger partial charge in [-0.2, -0.15) is 0 Å². The summed E-state index contributed by atoms with van der Waals surface area (Å²) in [7, 11) is 1.52. The lowest BCUT2D eigenvalue weighted by Gasteiger charge is -2.29. The highest BCUT2D eigenvalue weighted by Gasteiger charge is 2.24. The van der Waals surface area contributed by atoms with E-state index >= 15 is 0 Å². The Morgan fingerprint density at radius 3 is 2.68 bits per heavy atom. The first kappa shape index (κ1) is 13.8. The van der Waals surface area contributed by atoms with Crippen LogP contribution in [0.5, 0.6) is 0 Å². The first-order valence-corrected chi connectivity index (χ1v) is 6.52. The molecule has 0 aromatic heterocycles. The van der Waals surface area contributed by atoms with Crippen LogP contribution in [0.3, 0.4) is 0 Å². The molecule has 4 nitrogen and oxygen atoms in total. The molecule has 102 valence electrons. The van der Waals surface area contributed by atoms with Crippen molar-refractivity contribution < 1.29 is 9.53 Å². The van der Waals surface area contributed by atoms with E-state index in [2.05, 4.69) is 18.2 Å². The van der Waals surface area contributed by atoms with Crippen LogP contribution in [0.1, 0.15) is 12.0 Å². The molecule has 0 aliphatic carbocycles. The Labute approximate surface area is 113 Å². The van der Waals surface area contributed by atoms with E-state index in [9.17, 15) is 4.79 Å². The van der Waals surface area contributed by atoms with Gasteiger partial charge in [-0.05, 0) is 17.6 Å². The molecule has 4 heteroatoms. The number of amides is 1. The van der Waals surface area contributed by atoms with Gasteiger partial charge in [0, 0.05) is 26.7 Å². The fourth-order valence-corrected chi connectivity index (χ4v) is 2.29. The molecule has 1 aromatic carbocycles. The normalized spacial score (nSPS) is 16.9. The van der Waals surface area contributed by atoms with Crippen LogP contribution in [0, 0.1) is 0 Å². The van der Waals surface area contributed by atoms with E-state index in [1.54, 1.807) is 4.90 Å². The van der Waals surface area contributed by atoms with Gasteiger partial charge in [0.05, 0.1) is 0 Å². The number of hydrogen-bond acceptors (Lipinski definition) is 3. The predicted octanol–water partition coefficient (Wildman–Crippen LogP) is 1.28. The molecule has 1 atom stereocenters. The summed E-state index contributed by atoms with van der Waals surface area (Å²) in [6.45, 7) is 1.57. The number of carbonyl (C=O) groups excluding carboxylic acids is 1. The zero-order chi connectivity index (χ0) is 13.7. The Balaban J connectivity index is 2.02. The zero-order valence-corrected chi connectivity index (χ0v) is 11.2. The summed E-state index contributed by atoms with van der Waals surface area (Å²) in [5.74, 6) is -0.0200. The number of rotatable bonds is 4. The first-order valence-electron chi connectivity index (χ1n) is 6.52. The molecule has 0 fully saturated rings. The maximum absolute atomic E-state index is 12.1. The SMILES string of the molecule is COC(CN)C(=O)N1CC=C(c2ccccc2)CC1. The van der Waals surface area contributed by atoms with Crippen molar-refractivity contribution in [1.29, 1.82) is 0 Å². The highest BCUT2D eigenvalue weighted by atomic mass is 16.5. The topological polar surface area (TPSA) is 55.6 Å². The first-order chi connectivity index (χ1) is 9.26. The molecule has 1 aliphatic heterocycles. The van der Waals surface area contributed by atoms with Crippen LogP contribution in [0.15, 0.2) is 36.4 Å². The number of ether oxygens (including phenoxy) is 1. The van der Waals surface area contributed by atoms with E-state index < -0.39 is 6.10 Å². The predicted molar refractivity (Wildman–Crippen MR) is 75.5 cm³/mol. The van der Waals surface area contributed by atoms with E-state index in [1.807, 2.05) is 18.2 Å². The molecule has 0 radical (unpaired) electrons. The minimum atomic E-state index is -0.522. The minimum Gasteiger partial charge on any atom is -0.370 e. The third-order valence-electron chi connectivity index (χ3n) is 3.44. The van der Waals surface area contributed by atoms with Gasteiger partial charge in [0.25, 0.3) is 5.91 Å². The molecule has 0 bridgehead atoms. The lowest BCUT2D eigenvalue weighted by Crippen LogP contribution is -2.45. The third kappa shape index (κ3) is 3.22. The van der Waals surface area contributed by atoms with Crippen LogP contribution in [-0.4, -0.2) is 43.7 Å². The molecule has 2 N–H and O–H groups in total. The van der Waals surface area contributed by atoms with Crippen molar-refractivity contribution in [1.82, 2.24) is 4.90 Å². The fourth-order valence-electron chi connectivity index (χ4n) is 2.29. The second kappa shape index (κ2) is 6.50. The minimum absolute atomic E-state index is 0.0200. The largest absolute Gasteiger partial charge is 0.370 e. The smallest absolute Gasteiger partial charge is 0.253 e. The van der Waals surface area contributed by atoms with Crippen molar-refractivity contribution in [3.63, 3.8) is 0 Å². The number of methoxy groups -OCH3 is 1. The van der Waals surface area contributed by atoms with Gasteiger partial charge in [-0.1, -0.05) is 36.4 Å². The second-order valence-corrected chi connectivity index (χ2v) is 4.59. The van der Waals surface area contributed by atoms with E-state index in [0.717, 1.165) is 13.0 Å². The average molecular weight is 260 g/mol. The molecule has 0 saturated heterocycles. The highest BCUT2D eigenvalue weighted by Crippen LogP contribution is 2.22. The van der Waals surface area contributed by atoms with Crippen LogP contribution in [0.4, 0.5) is 0 Å². The molecular formula is C15H20N2O2. The summed E-state index contributed by atoms with van der Waals surface area (Å²) in [6, 6.07) is 10.3. The number of hydrogen-bond donors (Lipinski definition) is 1. The lowest BCUT2D eigenvalue weighted by molar-refractivity contribution is -0.140. The highest BCUT2D eigenvalue weighted by molar-refractivity contribution is 5.82. The molecule has 19 heavy (non-hydrogen) atoms. The number of nitrogens with zero attached hydrogens (tertiary/aromatic N) is 1. The molecule has 2 rings (SSSR count). The molecular weight excluding hydrogens is 240 g/mol. The molecule has 1 heterocycles. The van der Waals surface area contributed by atoms with E-state index in [-0.39, 0.29) is 12.5 Å². The number of benzene rings is 1. The molecule has 1 amide bonds. The van der Waals surface area contributed by atoms with Gasteiger partial charge in [-0.25, -0.2) is 0 Å². The van der Waals surface area contributed by atoms with Gasteiger partial charge < -0.3 is 15.4 Å². The summed E-state index contributed by atoms with van der Waals surface area (Å²) in [4.78, 5) is 13.9. The summed E-state index contributed by atoms with van der Waals surface area (Å²) >= 11 is 0. The van der Waals surface area contributed by atoms with Crippen molar-refractivity contribution in [2.45, 2.75) is 12.5 Å². The molecule has 0 spiro atoms. The maximum atomic E-state index is 12.1. The van der Waals surface area contributed by atoms with Crippen LogP contribution in [-0.2, 0) is 9.53 Å². The standard InChI is InChI=1S/C15H20N2O2/c1-19-14(11-16)15(18)17-9-7-13(8-10-17)12-5-3-2-4-6-12/h2-7,14H,8-11,16H2,1H3. The van der Waals surface area contributed by atoms with Crippen LogP contribution in [0.25, 0.3) is 5.57 Å². The summed E-state index contributed by atoms with van der Waals surface area (Å²) < 4.78 is 5.09. The van der Waals surface area contributed by atoms with Gasteiger partial charge >= 0.3 is 0 Å². The van der Waals surface area contributed by atoms with Crippen LogP contribution in [0.2, 0.25) is 0 Å². The summed E-state index contributed by atoms with van der Waals surface area (Å²) in [5, 5.41) is 0. The Kier molecular flexibility index (Phi) is 4.71. The van der Waals surface area contributed by atoms with E-state index in [0.29, 0.717) is 6.54 Å². The van der Waals surface area contributed by atoms with Crippen molar-refractivity contribution in [2.24, 2.45) is 5.73 Å². The Hall–Kier alpha value is -1.65. The van der Waals surface area contributed by atoms with Gasteiger partial charge in [0.2, 0.25) is 0 Å². The van der Waals surface area contributed by atoms with Gasteiger partial charge in [-0.3, -0.25) is 4.79 Å². The Morgan fingerprint density at radius 2 is 2.16 bits per heavy atom. The third-order valence-corrected chi connectivity index (χ3v) is 3.44. The van der Waals surface area contributed by atoms with Gasteiger partial charge in [-0.15, -0.1) is 0 Å². The van der Waals surface area contributed by atoms with Crippen molar-refractivity contribution in [2.75, 3.05) is 26.7 Å². The van der Waals surface area contributed by atoms with E-state index in [4.69, 9.17) is 10.5 Å². The number of carbonyl (C=O) groups is 1. The average Bonchev–Trinajstić information content (AvgIpc) is 2.49. The van der Waals surface area contributed by atoms with Gasteiger partial charge in [0.15, 0.2) is 0 Å². The fraction of sp³-hybridized carbons (Fsp3) is 0.400. The quantitative estimate of drug-likeness (QED) is 0.887. The summed E-state index contributed by atoms with van der Waals surface area (Å²) in [6.07, 6.45) is 2.46. The van der Waals surface area contributed by atoms with E-state index in [1.165, 1.54) is 18.2 Å². The Morgan fingerprint density at radius 1 is 1.42 bits per heavy atom. The monoisotopic (exact) mass is 260 g/mol. The summed E-state index contributed by atoms with van der Waals surface area (Å²) in [5.41, 5.74) is 8.05. The molecule has 1 unspecified atom stereocenters. The molecule has 1 aliphatic rings. The second-order valence-electron chi connectivity index (χ2n) is 4.59. The van der Waals surface area contributed by atoms with Crippen molar-refractivity contribution in [3.8, 4) is 0 Å². The lowest BCUT2D eigenvalue weighted by atomic mass is 9.99. The molecule has 1 aromatic rings. The molecule has 0 saturated carbocycles. The van der Waals surface area contributed by atoms with Crippen molar-refractivity contribution >= 4 is 11.5 Å². The number of nitrogens with two attached hydrogens (primary N) is 1.